The molecule has 220 valence electrons. The molecule has 0 spiro atoms. The number of benzene rings is 1. The largest absolute Gasteiger partial charge is 0.461 e. The fraction of sp³-hybridized carbons (Fsp3) is 0.633. The van der Waals surface area contributed by atoms with Crippen LogP contribution in [0, 0.1) is 12.7 Å². The van der Waals surface area contributed by atoms with Gasteiger partial charge in [-0.3, -0.25) is 9.69 Å². The van der Waals surface area contributed by atoms with Gasteiger partial charge in [-0.05, 0) is 57.7 Å². The Morgan fingerprint density at radius 3 is 2.80 bits per heavy atom. The third-order valence-electron chi connectivity index (χ3n) is 9.80. The summed E-state index contributed by atoms with van der Waals surface area (Å²) >= 11 is 0. The van der Waals surface area contributed by atoms with Crippen LogP contribution in [0.15, 0.2) is 6.07 Å². The molecule has 5 aliphatic heterocycles. The van der Waals surface area contributed by atoms with Gasteiger partial charge in [0.2, 0.25) is 0 Å². The molecule has 5 atom stereocenters. The van der Waals surface area contributed by atoms with Crippen molar-refractivity contribution in [1.82, 2.24) is 20.2 Å². The summed E-state index contributed by atoms with van der Waals surface area (Å²) in [6, 6.07) is 2.54. The van der Waals surface area contributed by atoms with Gasteiger partial charge in [-0.15, -0.1) is 0 Å². The summed E-state index contributed by atoms with van der Waals surface area (Å²) in [5.41, 5.74) is 8.35. The molecule has 0 radical (unpaired) electrons. The zero-order valence-corrected chi connectivity index (χ0v) is 23.7. The normalized spacial score (nSPS) is 30.9. The van der Waals surface area contributed by atoms with Gasteiger partial charge in [0.15, 0.2) is 11.6 Å². The van der Waals surface area contributed by atoms with E-state index in [1.54, 1.807) is 6.92 Å². The molecule has 1 aromatic carbocycles. The number of ether oxygens (including phenoxy) is 2. The highest BCUT2D eigenvalue weighted by Gasteiger charge is 2.49. The summed E-state index contributed by atoms with van der Waals surface area (Å²) in [5, 5.41) is 3.66. The van der Waals surface area contributed by atoms with Crippen LogP contribution in [0.2, 0.25) is 0 Å². The summed E-state index contributed by atoms with van der Waals surface area (Å²) in [6.45, 7) is 6.67. The van der Waals surface area contributed by atoms with E-state index < -0.39 is 18.1 Å². The Morgan fingerprint density at radius 1 is 1.27 bits per heavy atom. The standard InChI is InChI=1S/C30H38F2N6O3/c1-16-8-22(33)27(32)26(25(16)17(2)39)24-9-23-21(14-40-24)28(37-12-19-4-5-20(13-37)34-19)36-29(35-23)41-15-30-6-3-7-38(30)11-18(31)10-30/h8,18-20,24,34H,3-7,9-15,33H2,1-2H3. The first-order chi connectivity index (χ1) is 19.7. The van der Waals surface area contributed by atoms with Gasteiger partial charge in [0.1, 0.15) is 18.6 Å². The van der Waals surface area contributed by atoms with Gasteiger partial charge in [-0.2, -0.15) is 9.97 Å². The number of Topliss-reactive ketones (excluding diaryl/α,β-unsaturated/α-hetero) is 1. The van der Waals surface area contributed by atoms with E-state index >= 15 is 4.39 Å². The highest BCUT2D eigenvalue weighted by atomic mass is 19.1. The summed E-state index contributed by atoms with van der Waals surface area (Å²) in [6.07, 6.45) is 3.31. The van der Waals surface area contributed by atoms with Gasteiger partial charge >= 0.3 is 6.01 Å². The molecule has 2 bridgehead atoms. The van der Waals surface area contributed by atoms with E-state index in [1.165, 1.54) is 13.0 Å². The number of fused-ring (bicyclic) bond motifs is 4. The van der Waals surface area contributed by atoms with Crippen molar-refractivity contribution in [3.05, 3.63) is 39.8 Å². The summed E-state index contributed by atoms with van der Waals surface area (Å²) < 4.78 is 42.5. The Bertz CT molecular complexity index is 1380. The number of nitrogens with two attached hydrogens (primary N) is 1. The number of hydrogen-bond acceptors (Lipinski definition) is 9. The molecule has 0 saturated carbocycles. The number of carbonyl (C=O) groups excluding carboxylic acids is 1. The molecule has 5 unspecified atom stereocenters. The minimum absolute atomic E-state index is 0.0105. The summed E-state index contributed by atoms with van der Waals surface area (Å²) in [7, 11) is 0. The monoisotopic (exact) mass is 568 g/mol. The maximum absolute atomic E-state index is 15.5. The summed E-state index contributed by atoms with van der Waals surface area (Å²) in [4.78, 5) is 26.8. The maximum Gasteiger partial charge on any atom is 0.318 e. The number of nitrogens with zero attached hydrogens (tertiary/aromatic N) is 4. The topological polar surface area (TPSA) is 106 Å². The van der Waals surface area contributed by atoms with Gasteiger partial charge in [-0.1, -0.05) is 0 Å². The first kappa shape index (κ1) is 27.0. The minimum atomic E-state index is -0.847. The van der Waals surface area contributed by atoms with Crippen LogP contribution in [0.1, 0.15) is 77.9 Å². The molecule has 2 aromatic rings. The molecule has 3 N–H and O–H groups in total. The SMILES string of the molecule is CC(=O)c1c(C)cc(N)c(F)c1C1Cc2nc(OCC34CCCN3CC(F)C4)nc(N3CC4CCC(C3)N4)c2CO1. The third kappa shape index (κ3) is 4.66. The van der Waals surface area contributed by atoms with E-state index in [9.17, 15) is 9.18 Å². The first-order valence-corrected chi connectivity index (χ1v) is 14.8. The molecule has 5 aliphatic rings. The van der Waals surface area contributed by atoms with Gasteiger partial charge in [-0.25, -0.2) is 8.78 Å². The molecule has 6 heterocycles. The maximum atomic E-state index is 15.5. The van der Waals surface area contributed by atoms with E-state index in [1.807, 2.05) is 0 Å². The molecule has 4 fully saturated rings. The van der Waals surface area contributed by atoms with Crippen LogP contribution in [0.3, 0.4) is 0 Å². The van der Waals surface area contributed by atoms with Gasteiger partial charge in [0, 0.05) is 61.2 Å². The van der Waals surface area contributed by atoms with Crippen LogP contribution < -0.4 is 20.7 Å². The predicted molar refractivity (Wildman–Crippen MR) is 150 cm³/mol. The highest BCUT2D eigenvalue weighted by molar-refractivity contribution is 5.97. The predicted octanol–water partition coefficient (Wildman–Crippen LogP) is 3.42. The number of piperazine rings is 1. The molecular weight excluding hydrogens is 530 g/mol. The fourth-order valence-corrected chi connectivity index (χ4v) is 7.98. The van der Waals surface area contributed by atoms with Crippen molar-refractivity contribution >= 4 is 17.3 Å². The number of alkyl halides is 1. The first-order valence-electron chi connectivity index (χ1n) is 14.8. The number of aryl methyl sites for hydroxylation is 1. The molecule has 7 rings (SSSR count). The van der Waals surface area contributed by atoms with Crippen molar-refractivity contribution in [3.8, 4) is 6.01 Å². The van der Waals surface area contributed by atoms with E-state index in [4.69, 9.17) is 25.2 Å². The van der Waals surface area contributed by atoms with Crippen LogP contribution in [0.5, 0.6) is 6.01 Å². The Labute approximate surface area is 238 Å². The van der Waals surface area contributed by atoms with E-state index in [-0.39, 0.29) is 41.6 Å². The lowest BCUT2D eigenvalue weighted by molar-refractivity contribution is 0.0226. The average molecular weight is 569 g/mol. The van der Waals surface area contributed by atoms with Crippen molar-refractivity contribution in [2.45, 2.75) is 88.9 Å². The van der Waals surface area contributed by atoms with Crippen LogP contribution >= 0.6 is 0 Å². The number of anilines is 2. The lowest BCUT2D eigenvalue weighted by Gasteiger charge is -2.37. The Kier molecular flexibility index (Phi) is 6.67. The molecular formula is C30H38F2N6O3. The molecule has 0 amide bonds. The minimum Gasteiger partial charge on any atom is -0.461 e. The fourth-order valence-electron chi connectivity index (χ4n) is 7.98. The lowest BCUT2D eigenvalue weighted by Crippen LogP contribution is -2.52. The van der Waals surface area contributed by atoms with Crippen LogP contribution in [-0.4, -0.2) is 77.2 Å². The van der Waals surface area contributed by atoms with Crippen LogP contribution in [-0.2, 0) is 17.8 Å². The number of hydrogen-bond donors (Lipinski definition) is 2. The number of nitrogen functional groups attached to an aromatic ring is 1. The number of carbonyl (C=O) groups is 1. The summed E-state index contributed by atoms with van der Waals surface area (Å²) in [5.74, 6) is -0.0767. The van der Waals surface area contributed by atoms with Crippen molar-refractivity contribution in [1.29, 1.82) is 0 Å². The molecule has 4 saturated heterocycles. The van der Waals surface area contributed by atoms with Crippen molar-refractivity contribution < 1.29 is 23.0 Å². The molecule has 41 heavy (non-hydrogen) atoms. The lowest BCUT2D eigenvalue weighted by atomic mass is 9.90. The average Bonchev–Trinajstić information content (AvgIpc) is 3.58. The number of ketones is 1. The van der Waals surface area contributed by atoms with Crippen LogP contribution in [0.4, 0.5) is 20.3 Å². The highest BCUT2D eigenvalue weighted by Crippen LogP contribution is 2.42. The number of aromatic nitrogens is 2. The number of halogens is 2. The quantitative estimate of drug-likeness (QED) is 0.401. The van der Waals surface area contributed by atoms with Gasteiger partial charge in [0.25, 0.3) is 0 Å². The zero-order chi connectivity index (χ0) is 28.5. The van der Waals surface area contributed by atoms with E-state index in [2.05, 4.69) is 15.1 Å². The Morgan fingerprint density at radius 2 is 2.05 bits per heavy atom. The third-order valence-corrected chi connectivity index (χ3v) is 9.80. The van der Waals surface area contributed by atoms with Crippen LogP contribution in [0.25, 0.3) is 0 Å². The van der Waals surface area contributed by atoms with Gasteiger partial charge < -0.3 is 25.4 Å². The molecule has 0 aliphatic carbocycles. The number of nitrogens with one attached hydrogen (secondary N) is 1. The van der Waals surface area contributed by atoms with E-state index in [0.717, 1.165) is 62.4 Å². The second-order valence-electron chi connectivity index (χ2n) is 12.6. The molecule has 11 heteroatoms. The van der Waals surface area contributed by atoms with E-state index in [0.29, 0.717) is 42.8 Å². The smallest absolute Gasteiger partial charge is 0.318 e. The van der Waals surface area contributed by atoms with Crippen molar-refractivity contribution in [2.75, 3.05) is 43.4 Å². The van der Waals surface area contributed by atoms with Crippen molar-refractivity contribution in [3.63, 3.8) is 0 Å². The van der Waals surface area contributed by atoms with Crippen molar-refractivity contribution in [2.24, 2.45) is 0 Å². The molecule has 1 aromatic heterocycles. The Hall–Kier alpha value is -2.89. The van der Waals surface area contributed by atoms with Gasteiger partial charge in [0.05, 0.1) is 29.6 Å². The Balaban J connectivity index is 1.24. The second-order valence-corrected chi connectivity index (χ2v) is 12.6. The second kappa shape index (κ2) is 10.1. The molecule has 9 nitrogen and oxygen atoms in total. The number of rotatable bonds is 6. The zero-order valence-electron chi connectivity index (χ0n) is 23.7.